The van der Waals surface area contributed by atoms with Gasteiger partial charge in [-0.15, -0.1) is 0 Å². The maximum Gasteiger partial charge on any atom is 0.321 e. The molecule has 7 heteroatoms. The number of benzene rings is 1. The highest BCUT2D eigenvalue weighted by Crippen LogP contribution is 2.20. The first kappa shape index (κ1) is 19.2. The summed E-state index contributed by atoms with van der Waals surface area (Å²) in [5, 5.41) is 6.05. The summed E-state index contributed by atoms with van der Waals surface area (Å²) < 4.78 is 5.41. The van der Waals surface area contributed by atoms with E-state index in [1.807, 2.05) is 4.90 Å². The van der Waals surface area contributed by atoms with Gasteiger partial charge in [0.25, 0.3) is 5.91 Å². The highest BCUT2D eigenvalue weighted by atomic mass is 16.5. The molecule has 2 aliphatic heterocycles. The molecule has 1 atom stereocenters. The van der Waals surface area contributed by atoms with Gasteiger partial charge in [-0.3, -0.25) is 9.69 Å². The number of urea groups is 1. The molecule has 3 aliphatic rings. The average molecular weight is 386 g/mol. The van der Waals surface area contributed by atoms with E-state index in [0.717, 1.165) is 64.3 Å². The number of rotatable bonds is 4. The van der Waals surface area contributed by atoms with Crippen molar-refractivity contribution in [1.82, 2.24) is 15.1 Å². The summed E-state index contributed by atoms with van der Waals surface area (Å²) in [5.74, 6) is -0.0299. The Morgan fingerprint density at radius 2 is 1.68 bits per heavy atom. The molecular weight excluding hydrogens is 356 g/mol. The number of amides is 3. The molecular formula is C21H30N4O3. The lowest BCUT2D eigenvalue weighted by molar-refractivity contribution is 0.0192. The minimum Gasteiger partial charge on any atom is -0.379 e. The molecule has 1 aliphatic carbocycles. The maximum atomic E-state index is 12.6. The van der Waals surface area contributed by atoms with Crippen LogP contribution in [0, 0.1) is 0 Å². The van der Waals surface area contributed by atoms with Gasteiger partial charge in [-0.05, 0) is 43.5 Å². The Kier molecular flexibility index (Phi) is 6.12. The zero-order valence-electron chi connectivity index (χ0n) is 16.4. The molecule has 1 unspecified atom stereocenters. The van der Waals surface area contributed by atoms with Crippen molar-refractivity contribution >= 4 is 17.6 Å². The summed E-state index contributed by atoms with van der Waals surface area (Å²) in [7, 11) is 0. The fraction of sp³-hybridized carbons (Fsp3) is 0.619. The lowest BCUT2D eigenvalue weighted by atomic mass is 10.1. The number of nitrogens with zero attached hydrogens (tertiary/aromatic N) is 2. The number of hydrogen-bond donors (Lipinski definition) is 2. The molecule has 0 aromatic heterocycles. The molecule has 3 fully saturated rings. The fourth-order valence-electron chi connectivity index (χ4n) is 4.41. The topological polar surface area (TPSA) is 73.9 Å². The molecule has 2 N–H and O–H groups in total. The van der Waals surface area contributed by atoms with Gasteiger partial charge in [-0.1, -0.05) is 12.8 Å². The van der Waals surface area contributed by atoms with Gasteiger partial charge in [-0.25, -0.2) is 4.79 Å². The Morgan fingerprint density at radius 3 is 2.39 bits per heavy atom. The average Bonchev–Trinajstić information content (AvgIpc) is 3.41. The number of morpholine rings is 1. The Labute approximate surface area is 166 Å². The maximum absolute atomic E-state index is 12.6. The molecule has 28 heavy (non-hydrogen) atoms. The van der Waals surface area contributed by atoms with E-state index < -0.39 is 0 Å². The Bertz CT molecular complexity index is 681. The van der Waals surface area contributed by atoms with Crippen molar-refractivity contribution in [3.63, 3.8) is 0 Å². The van der Waals surface area contributed by atoms with Crippen molar-refractivity contribution in [2.45, 2.75) is 44.2 Å². The zero-order valence-corrected chi connectivity index (χ0v) is 16.4. The smallest absolute Gasteiger partial charge is 0.321 e. The number of carbonyl (C=O) groups is 2. The number of nitrogens with one attached hydrogen (secondary N) is 2. The van der Waals surface area contributed by atoms with Gasteiger partial charge in [0.05, 0.1) is 13.2 Å². The molecule has 4 rings (SSSR count). The summed E-state index contributed by atoms with van der Waals surface area (Å²) >= 11 is 0. The third-order valence-electron chi connectivity index (χ3n) is 6.10. The predicted octanol–water partition coefficient (Wildman–Crippen LogP) is 2.30. The lowest BCUT2D eigenvalue weighted by Crippen LogP contribution is -2.45. The summed E-state index contributed by atoms with van der Waals surface area (Å²) in [6, 6.07) is 7.83. The molecule has 2 heterocycles. The van der Waals surface area contributed by atoms with E-state index >= 15 is 0 Å². The van der Waals surface area contributed by atoms with Crippen LogP contribution in [0.3, 0.4) is 0 Å². The van der Waals surface area contributed by atoms with Gasteiger partial charge in [0.15, 0.2) is 0 Å². The van der Waals surface area contributed by atoms with E-state index in [1.54, 1.807) is 24.3 Å². The van der Waals surface area contributed by atoms with Crippen LogP contribution in [-0.4, -0.2) is 73.2 Å². The second kappa shape index (κ2) is 8.92. The zero-order chi connectivity index (χ0) is 19.3. The Hall–Kier alpha value is -2.12. The number of ether oxygens (including phenoxy) is 1. The van der Waals surface area contributed by atoms with Crippen molar-refractivity contribution in [3.8, 4) is 0 Å². The molecule has 7 nitrogen and oxygen atoms in total. The molecule has 0 bridgehead atoms. The second-order valence-electron chi connectivity index (χ2n) is 8.00. The first-order valence-electron chi connectivity index (χ1n) is 10.5. The quantitative estimate of drug-likeness (QED) is 0.833. The summed E-state index contributed by atoms with van der Waals surface area (Å²) in [5.41, 5.74) is 1.36. The van der Waals surface area contributed by atoms with Crippen LogP contribution in [0.4, 0.5) is 10.5 Å². The van der Waals surface area contributed by atoms with E-state index in [0.29, 0.717) is 17.6 Å². The number of anilines is 1. The first-order chi connectivity index (χ1) is 13.7. The van der Waals surface area contributed by atoms with E-state index in [-0.39, 0.29) is 11.9 Å². The van der Waals surface area contributed by atoms with Crippen molar-refractivity contribution in [3.05, 3.63) is 29.8 Å². The largest absolute Gasteiger partial charge is 0.379 e. The molecule has 1 aromatic rings. The Balaban J connectivity index is 1.27. The molecule has 1 saturated carbocycles. The fourth-order valence-corrected chi connectivity index (χ4v) is 4.41. The number of carbonyl (C=O) groups excluding carboxylic acids is 2. The van der Waals surface area contributed by atoms with Crippen molar-refractivity contribution in [1.29, 1.82) is 0 Å². The predicted molar refractivity (Wildman–Crippen MR) is 108 cm³/mol. The first-order valence-corrected chi connectivity index (χ1v) is 10.5. The van der Waals surface area contributed by atoms with Crippen LogP contribution < -0.4 is 10.6 Å². The van der Waals surface area contributed by atoms with Crippen molar-refractivity contribution in [2.75, 3.05) is 44.7 Å². The van der Waals surface area contributed by atoms with Crippen LogP contribution in [0.25, 0.3) is 0 Å². The van der Waals surface area contributed by atoms with E-state index in [9.17, 15) is 9.59 Å². The van der Waals surface area contributed by atoms with Gasteiger partial charge in [0.2, 0.25) is 0 Å². The van der Waals surface area contributed by atoms with Gasteiger partial charge in [0, 0.05) is 49.5 Å². The van der Waals surface area contributed by atoms with Gasteiger partial charge in [0.1, 0.15) is 0 Å². The summed E-state index contributed by atoms with van der Waals surface area (Å²) in [6.45, 7) is 4.99. The number of hydrogen-bond acceptors (Lipinski definition) is 4. The van der Waals surface area contributed by atoms with Crippen LogP contribution in [0.1, 0.15) is 42.5 Å². The standard InChI is InChI=1S/C21H30N4O3/c26-20(22-17-3-1-2-4-17)16-5-7-18(8-6-16)23-21(27)25-10-9-19(15-25)24-11-13-28-14-12-24/h5-8,17,19H,1-4,9-15H2,(H,22,26)(H,23,27). The molecule has 3 amide bonds. The third kappa shape index (κ3) is 4.64. The van der Waals surface area contributed by atoms with Gasteiger partial charge < -0.3 is 20.3 Å². The van der Waals surface area contributed by atoms with Crippen LogP contribution >= 0.6 is 0 Å². The van der Waals surface area contributed by atoms with E-state index in [4.69, 9.17) is 4.74 Å². The molecule has 1 aromatic carbocycles. The van der Waals surface area contributed by atoms with Gasteiger partial charge >= 0.3 is 6.03 Å². The molecule has 2 saturated heterocycles. The molecule has 0 spiro atoms. The van der Waals surface area contributed by atoms with Gasteiger partial charge in [-0.2, -0.15) is 0 Å². The van der Waals surface area contributed by atoms with Crippen molar-refractivity contribution in [2.24, 2.45) is 0 Å². The summed E-state index contributed by atoms with van der Waals surface area (Å²) in [4.78, 5) is 29.2. The minimum absolute atomic E-state index is 0.0299. The van der Waals surface area contributed by atoms with Crippen LogP contribution in [0.2, 0.25) is 0 Å². The lowest BCUT2D eigenvalue weighted by Gasteiger charge is -2.32. The summed E-state index contributed by atoms with van der Waals surface area (Å²) in [6.07, 6.45) is 5.54. The van der Waals surface area contributed by atoms with E-state index in [2.05, 4.69) is 15.5 Å². The molecule has 0 radical (unpaired) electrons. The SMILES string of the molecule is O=C(NC1CCCC1)c1ccc(NC(=O)N2CCC(N3CCOCC3)C2)cc1. The normalized spacial score (nSPS) is 23.7. The van der Waals surface area contributed by atoms with E-state index in [1.165, 1.54) is 12.8 Å². The molecule has 152 valence electrons. The Morgan fingerprint density at radius 1 is 0.964 bits per heavy atom. The van der Waals surface area contributed by atoms with Crippen molar-refractivity contribution < 1.29 is 14.3 Å². The highest BCUT2D eigenvalue weighted by Gasteiger charge is 2.31. The van der Waals surface area contributed by atoms with Crippen LogP contribution in [0.5, 0.6) is 0 Å². The van der Waals surface area contributed by atoms with Crippen LogP contribution in [-0.2, 0) is 4.74 Å². The third-order valence-corrected chi connectivity index (χ3v) is 6.10. The minimum atomic E-state index is -0.0704. The monoisotopic (exact) mass is 386 g/mol. The number of likely N-dealkylation sites (tertiary alicyclic amines) is 1. The highest BCUT2D eigenvalue weighted by molar-refractivity contribution is 5.95. The van der Waals surface area contributed by atoms with Crippen LogP contribution in [0.15, 0.2) is 24.3 Å². The second-order valence-corrected chi connectivity index (χ2v) is 8.00.